The number of hydrogen-bond donors (Lipinski definition) is 1. The van der Waals surface area contributed by atoms with Crippen LogP contribution in [0.5, 0.6) is 0 Å². The first-order valence-corrected chi connectivity index (χ1v) is 5.06. The summed E-state index contributed by atoms with van der Waals surface area (Å²) in [7, 11) is 0. The minimum absolute atomic E-state index is 0.130. The molecule has 7 nitrogen and oxygen atoms in total. The lowest BCUT2D eigenvalue weighted by molar-refractivity contribution is -0.385. The van der Waals surface area contributed by atoms with Gasteiger partial charge >= 0.3 is 5.97 Å². The topological polar surface area (TPSA) is 102 Å². The number of aromatic carboxylic acids is 1. The summed E-state index contributed by atoms with van der Waals surface area (Å²) in [6.07, 6.45) is 0. The molecular weight excluding hydrogens is 240 g/mol. The van der Waals surface area contributed by atoms with Gasteiger partial charge in [0.25, 0.3) is 5.69 Å². The van der Waals surface area contributed by atoms with Crippen LogP contribution in [0.4, 0.5) is 5.69 Å². The molecule has 18 heavy (non-hydrogen) atoms. The van der Waals surface area contributed by atoms with E-state index in [1.54, 1.807) is 13.8 Å². The molecule has 0 radical (unpaired) electrons. The van der Waals surface area contributed by atoms with Crippen molar-refractivity contribution in [2.24, 2.45) is 5.16 Å². The van der Waals surface area contributed by atoms with Gasteiger partial charge in [-0.25, -0.2) is 4.79 Å². The maximum absolute atomic E-state index is 11.0. The van der Waals surface area contributed by atoms with Gasteiger partial charge in [-0.05, 0) is 13.8 Å². The van der Waals surface area contributed by atoms with Crippen molar-refractivity contribution in [2.75, 3.05) is 0 Å². The molecule has 0 heterocycles. The van der Waals surface area contributed by atoms with Crippen molar-refractivity contribution in [3.8, 4) is 0 Å². The largest absolute Gasteiger partial charge is 0.477 e. The third-order valence-corrected chi connectivity index (χ3v) is 2.01. The van der Waals surface area contributed by atoms with Crippen LogP contribution in [0.1, 0.15) is 29.8 Å². The van der Waals surface area contributed by atoms with Crippen molar-refractivity contribution in [1.29, 1.82) is 0 Å². The van der Waals surface area contributed by atoms with Crippen molar-refractivity contribution in [2.45, 2.75) is 20.5 Å². The Hall–Kier alpha value is -2.44. The molecule has 0 amide bonds. The summed E-state index contributed by atoms with van der Waals surface area (Å²) in [5.74, 6) is -1.36. The zero-order valence-corrected chi connectivity index (χ0v) is 9.91. The zero-order valence-electron chi connectivity index (χ0n) is 9.91. The van der Waals surface area contributed by atoms with Crippen LogP contribution in [0.3, 0.4) is 0 Å². The van der Waals surface area contributed by atoms with Gasteiger partial charge in [0.1, 0.15) is 12.2 Å². The molecule has 0 atom stereocenters. The summed E-state index contributed by atoms with van der Waals surface area (Å²) in [5, 5.41) is 23.4. The molecule has 96 valence electrons. The van der Waals surface area contributed by atoms with Crippen molar-refractivity contribution >= 4 is 17.4 Å². The molecule has 1 aromatic rings. The molecule has 0 bridgehead atoms. The van der Waals surface area contributed by atoms with Crippen LogP contribution < -0.4 is 0 Å². The first-order chi connectivity index (χ1) is 8.43. The Bertz CT molecular complexity index is 506. The number of carboxylic acids is 1. The number of nitrogens with zero attached hydrogens (tertiary/aromatic N) is 2. The first kappa shape index (κ1) is 13.6. The number of hydrogen-bond acceptors (Lipinski definition) is 5. The fourth-order valence-electron chi connectivity index (χ4n) is 1.34. The fourth-order valence-corrected chi connectivity index (χ4v) is 1.34. The predicted octanol–water partition coefficient (Wildman–Crippen LogP) is 2.21. The van der Waals surface area contributed by atoms with E-state index in [4.69, 9.17) is 9.94 Å². The maximum Gasteiger partial charge on any atom is 0.343 e. The standard InChI is InChI=1S/C11H12N2O5/c1-7(2)12-18-6-8-4-3-5-9(13(16)17)10(8)11(14)15/h3-5H,6H2,1-2H3,(H,14,15). The van der Waals surface area contributed by atoms with E-state index < -0.39 is 16.6 Å². The van der Waals surface area contributed by atoms with Crippen LogP contribution in [0.25, 0.3) is 0 Å². The molecule has 7 heteroatoms. The number of carboxylic acid groups (broad SMARTS) is 1. The average Bonchev–Trinajstić information content (AvgIpc) is 2.27. The lowest BCUT2D eigenvalue weighted by Crippen LogP contribution is -2.07. The molecule has 0 fully saturated rings. The fraction of sp³-hybridized carbons (Fsp3) is 0.273. The van der Waals surface area contributed by atoms with Gasteiger partial charge in [0.2, 0.25) is 0 Å². The summed E-state index contributed by atoms with van der Waals surface area (Å²) >= 11 is 0. The van der Waals surface area contributed by atoms with Crippen LogP contribution in [-0.2, 0) is 11.4 Å². The van der Waals surface area contributed by atoms with Gasteiger partial charge in [0, 0.05) is 11.6 Å². The summed E-state index contributed by atoms with van der Waals surface area (Å²) in [4.78, 5) is 26.0. The summed E-state index contributed by atoms with van der Waals surface area (Å²) in [5.41, 5.74) is 0.0475. The van der Waals surface area contributed by atoms with Gasteiger partial charge in [-0.2, -0.15) is 0 Å². The van der Waals surface area contributed by atoms with Gasteiger partial charge in [-0.15, -0.1) is 0 Å². The Balaban J connectivity index is 3.11. The zero-order chi connectivity index (χ0) is 13.7. The van der Waals surface area contributed by atoms with Gasteiger partial charge in [-0.1, -0.05) is 17.3 Å². The van der Waals surface area contributed by atoms with Crippen molar-refractivity contribution in [3.63, 3.8) is 0 Å². The smallest absolute Gasteiger partial charge is 0.343 e. The molecular formula is C11H12N2O5. The molecule has 0 aliphatic heterocycles. The van der Waals surface area contributed by atoms with Crippen LogP contribution >= 0.6 is 0 Å². The molecule has 0 saturated heterocycles. The highest BCUT2D eigenvalue weighted by molar-refractivity contribution is 5.94. The third kappa shape index (κ3) is 3.27. The summed E-state index contributed by atoms with van der Waals surface area (Å²) in [6.45, 7) is 3.30. The van der Waals surface area contributed by atoms with Crippen molar-refractivity contribution in [3.05, 3.63) is 39.4 Å². The van der Waals surface area contributed by atoms with Gasteiger partial charge in [0.05, 0.1) is 10.6 Å². The molecule has 0 aliphatic carbocycles. The Morgan fingerprint density at radius 1 is 1.50 bits per heavy atom. The minimum atomic E-state index is -1.36. The SMILES string of the molecule is CC(C)=NOCc1cccc([N+](=O)[O-])c1C(=O)O. The number of rotatable bonds is 5. The second-order valence-electron chi connectivity index (χ2n) is 3.69. The molecule has 1 rings (SSSR count). The number of benzene rings is 1. The van der Waals surface area contributed by atoms with E-state index in [2.05, 4.69) is 5.16 Å². The second kappa shape index (κ2) is 5.76. The van der Waals surface area contributed by atoms with Crippen LogP contribution in [0.2, 0.25) is 0 Å². The van der Waals surface area contributed by atoms with Crippen LogP contribution in [0.15, 0.2) is 23.4 Å². The lowest BCUT2D eigenvalue weighted by Gasteiger charge is -2.05. The molecule has 1 aromatic carbocycles. The quantitative estimate of drug-likeness (QED) is 0.491. The Labute approximate surface area is 103 Å². The van der Waals surface area contributed by atoms with Crippen molar-refractivity contribution < 1.29 is 19.7 Å². The van der Waals surface area contributed by atoms with Crippen LogP contribution in [0, 0.1) is 10.1 Å². The van der Waals surface area contributed by atoms with E-state index in [9.17, 15) is 14.9 Å². The summed E-state index contributed by atoms with van der Waals surface area (Å²) < 4.78 is 0. The first-order valence-electron chi connectivity index (χ1n) is 5.06. The summed E-state index contributed by atoms with van der Waals surface area (Å²) in [6, 6.07) is 4.00. The van der Waals surface area contributed by atoms with Crippen LogP contribution in [-0.4, -0.2) is 21.7 Å². The Morgan fingerprint density at radius 3 is 2.67 bits per heavy atom. The lowest BCUT2D eigenvalue weighted by atomic mass is 10.1. The minimum Gasteiger partial charge on any atom is -0.477 e. The van der Waals surface area contributed by atoms with E-state index in [1.807, 2.05) is 0 Å². The highest BCUT2D eigenvalue weighted by Gasteiger charge is 2.23. The number of nitro benzene ring substituents is 1. The second-order valence-corrected chi connectivity index (χ2v) is 3.69. The van der Waals surface area contributed by atoms with E-state index in [1.165, 1.54) is 12.1 Å². The normalized spacial score (nSPS) is 9.67. The molecule has 0 saturated carbocycles. The van der Waals surface area contributed by atoms with E-state index in [0.717, 1.165) is 6.07 Å². The number of nitro groups is 1. The Kier molecular flexibility index (Phi) is 4.36. The number of carbonyl (C=O) groups is 1. The maximum atomic E-state index is 11.0. The molecule has 0 aromatic heterocycles. The highest BCUT2D eigenvalue weighted by Crippen LogP contribution is 2.23. The molecule has 0 unspecified atom stereocenters. The monoisotopic (exact) mass is 252 g/mol. The van der Waals surface area contributed by atoms with Gasteiger partial charge in [-0.3, -0.25) is 10.1 Å². The van der Waals surface area contributed by atoms with E-state index in [0.29, 0.717) is 5.71 Å². The van der Waals surface area contributed by atoms with Crippen molar-refractivity contribution in [1.82, 2.24) is 0 Å². The molecule has 0 aliphatic rings. The predicted molar refractivity (Wildman–Crippen MR) is 63.6 cm³/mol. The van der Waals surface area contributed by atoms with Gasteiger partial charge < -0.3 is 9.94 Å². The number of oxime groups is 1. The average molecular weight is 252 g/mol. The third-order valence-electron chi connectivity index (χ3n) is 2.01. The molecule has 1 N–H and O–H groups in total. The van der Waals surface area contributed by atoms with E-state index >= 15 is 0 Å². The Morgan fingerprint density at radius 2 is 2.17 bits per heavy atom. The highest BCUT2D eigenvalue weighted by atomic mass is 16.6. The van der Waals surface area contributed by atoms with Gasteiger partial charge in [0.15, 0.2) is 0 Å². The molecule has 0 spiro atoms. The van der Waals surface area contributed by atoms with E-state index in [-0.39, 0.29) is 17.7 Å².